The monoisotopic (exact) mass is 356 g/mol. The predicted octanol–water partition coefficient (Wildman–Crippen LogP) is 2.46. The molecule has 24 heavy (non-hydrogen) atoms. The van der Waals surface area contributed by atoms with Crippen molar-refractivity contribution >= 4 is 11.8 Å². The zero-order valence-electron chi connectivity index (χ0n) is 12.9. The number of pyridine rings is 1. The van der Waals surface area contributed by atoms with E-state index in [9.17, 15) is 18.0 Å². The maximum Gasteiger partial charge on any atom is 0.433 e. The molecule has 1 aliphatic rings. The maximum atomic E-state index is 12.5. The first-order valence-corrected chi connectivity index (χ1v) is 8.50. The minimum atomic E-state index is -4.43. The van der Waals surface area contributed by atoms with E-state index in [1.54, 1.807) is 0 Å². The highest BCUT2D eigenvalue weighted by atomic mass is 32.2. The number of rotatable bonds is 3. The third-order valence-corrected chi connectivity index (χ3v) is 4.42. The quantitative estimate of drug-likeness (QED) is 0.676. The third kappa shape index (κ3) is 3.62. The van der Waals surface area contributed by atoms with Gasteiger partial charge in [-0.3, -0.25) is 14.7 Å². The Balaban J connectivity index is 1.73. The van der Waals surface area contributed by atoms with Crippen molar-refractivity contribution < 1.29 is 13.2 Å². The van der Waals surface area contributed by atoms with Crippen molar-refractivity contribution in [2.75, 3.05) is 12.8 Å². The number of H-pyrrole nitrogens is 1. The summed E-state index contributed by atoms with van der Waals surface area (Å²) in [5.74, 6) is 0. The number of hydrogen-bond acceptors (Lipinski definition) is 5. The van der Waals surface area contributed by atoms with Gasteiger partial charge in [0, 0.05) is 32.3 Å². The SMILES string of the molecule is CSc1nc2c(c(=O)[nH]1)CN(Cc1ccc(C(F)(F)F)nc1)CC2. The largest absolute Gasteiger partial charge is 0.433 e. The van der Waals surface area contributed by atoms with Crippen LogP contribution < -0.4 is 5.56 Å². The third-order valence-electron chi connectivity index (χ3n) is 3.84. The lowest BCUT2D eigenvalue weighted by Crippen LogP contribution is -2.35. The molecule has 1 N–H and O–H groups in total. The molecule has 128 valence electrons. The minimum Gasteiger partial charge on any atom is -0.301 e. The average molecular weight is 356 g/mol. The van der Waals surface area contributed by atoms with Crippen molar-refractivity contribution in [2.45, 2.75) is 30.8 Å². The van der Waals surface area contributed by atoms with Gasteiger partial charge in [-0.15, -0.1) is 0 Å². The zero-order chi connectivity index (χ0) is 17.3. The Labute approximate surface area is 140 Å². The summed E-state index contributed by atoms with van der Waals surface area (Å²) in [6.45, 7) is 1.56. The summed E-state index contributed by atoms with van der Waals surface area (Å²) in [5.41, 5.74) is 1.04. The van der Waals surface area contributed by atoms with E-state index >= 15 is 0 Å². The number of aromatic nitrogens is 3. The van der Waals surface area contributed by atoms with Gasteiger partial charge < -0.3 is 4.98 Å². The highest BCUT2D eigenvalue weighted by Crippen LogP contribution is 2.27. The fraction of sp³-hybridized carbons (Fsp3) is 0.400. The summed E-state index contributed by atoms with van der Waals surface area (Å²) in [5, 5.41) is 0.596. The van der Waals surface area contributed by atoms with Gasteiger partial charge in [-0.25, -0.2) is 4.98 Å². The van der Waals surface area contributed by atoms with Crippen LogP contribution in [0.2, 0.25) is 0 Å². The molecule has 0 aromatic carbocycles. The van der Waals surface area contributed by atoms with Crippen molar-refractivity contribution in [1.29, 1.82) is 0 Å². The van der Waals surface area contributed by atoms with Crippen LogP contribution in [0, 0.1) is 0 Å². The number of aromatic amines is 1. The van der Waals surface area contributed by atoms with E-state index in [1.807, 2.05) is 11.2 Å². The molecule has 0 spiro atoms. The molecule has 1 aliphatic heterocycles. The van der Waals surface area contributed by atoms with Crippen LogP contribution in [0.3, 0.4) is 0 Å². The van der Waals surface area contributed by atoms with E-state index in [1.165, 1.54) is 24.0 Å². The summed E-state index contributed by atoms with van der Waals surface area (Å²) in [4.78, 5) is 24.7. The van der Waals surface area contributed by atoms with E-state index < -0.39 is 11.9 Å². The molecule has 0 amide bonds. The van der Waals surface area contributed by atoms with Crippen molar-refractivity contribution in [2.24, 2.45) is 0 Å². The maximum absolute atomic E-state index is 12.5. The van der Waals surface area contributed by atoms with Gasteiger partial charge in [-0.05, 0) is 17.9 Å². The molecule has 2 aromatic heterocycles. The molecule has 0 saturated heterocycles. The smallest absolute Gasteiger partial charge is 0.301 e. The number of nitrogens with one attached hydrogen (secondary N) is 1. The van der Waals surface area contributed by atoms with E-state index in [2.05, 4.69) is 15.0 Å². The van der Waals surface area contributed by atoms with Gasteiger partial charge in [0.05, 0.1) is 11.3 Å². The Bertz CT molecular complexity index is 789. The minimum absolute atomic E-state index is 0.153. The zero-order valence-corrected chi connectivity index (χ0v) is 13.7. The van der Waals surface area contributed by atoms with E-state index in [0.29, 0.717) is 42.3 Å². The average Bonchev–Trinajstić information content (AvgIpc) is 2.55. The molecule has 2 aromatic rings. The summed E-state index contributed by atoms with van der Waals surface area (Å²) in [6.07, 6.45) is -0.716. The van der Waals surface area contributed by atoms with Crippen LogP contribution in [0.1, 0.15) is 22.5 Å². The molecule has 3 rings (SSSR count). The van der Waals surface area contributed by atoms with Crippen LogP contribution in [0.15, 0.2) is 28.3 Å². The molecule has 0 saturated carbocycles. The van der Waals surface area contributed by atoms with Gasteiger partial charge in [0.1, 0.15) is 5.69 Å². The van der Waals surface area contributed by atoms with Gasteiger partial charge >= 0.3 is 6.18 Å². The number of thioether (sulfide) groups is 1. The molecular formula is C15H15F3N4OS. The van der Waals surface area contributed by atoms with Crippen LogP contribution in [0.25, 0.3) is 0 Å². The normalized spacial score (nSPS) is 15.3. The Morgan fingerprint density at radius 3 is 2.79 bits per heavy atom. The molecule has 0 aliphatic carbocycles. The summed E-state index contributed by atoms with van der Waals surface area (Å²) < 4.78 is 37.6. The second-order valence-electron chi connectivity index (χ2n) is 5.51. The van der Waals surface area contributed by atoms with Crippen LogP contribution in [-0.4, -0.2) is 32.7 Å². The molecule has 3 heterocycles. The highest BCUT2D eigenvalue weighted by Gasteiger charge is 2.32. The molecule has 0 atom stereocenters. The highest BCUT2D eigenvalue weighted by molar-refractivity contribution is 7.98. The molecule has 5 nitrogen and oxygen atoms in total. The van der Waals surface area contributed by atoms with E-state index in [0.717, 1.165) is 11.8 Å². The summed E-state index contributed by atoms with van der Waals surface area (Å²) >= 11 is 1.38. The summed E-state index contributed by atoms with van der Waals surface area (Å²) in [6, 6.07) is 2.40. The van der Waals surface area contributed by atoms with E-state index in [-0.39, 0.29) is 5.56 Å². The topological polar surface area (TPSA) is 61.9 Å². The first kappa shape index (κ1) is 17.0. The molecular weight excluding hydrogens is 341 g/mol. The first-order chi connectivity index (χ1) is 11.4. The lowest BCUT2D eigenvalue weighted by Gasteiger charge is -2.27. The Morgan fingerprint density at radius 1 is 1.38 bits per heavy atom. The van der Waals surface area contributed by atoms with Gasteiger partial charge in [-0.2, -0.15) is 13.2 Å². The fourth-order valence-electron chi connectivity index (χ4n) is 2.63. The standard InChI is InChI=1S/C15H15F3N4OS/c1-24-14-20-11-4-5-22(8-10(11)13(23)21-14)7-9-2-3-12(19-6-9)15(16,17)18/h2-3,6H,4-5,7-8H2,1H3,(H,20,21,23). The van der Waals surface area contributed by atoms with E-state index in [4.69, 9.17) is 0 Å². The van der Waals surface area contributed by atoms with Gasteiger partial charge in [0.15, 0.2) is 5.16 Å². The van der Waals surface area contributed by atoms with Crippen molar-refractivity contribution in [3.8, 4) is 0 Å². The van der Waals surface area contributed by atoms with Crippen molar-refractivity contribution in [3.63, 3.8) is 0 Å². The Kier molecular flexibility index (Phi) is 4.64. The molecule has 0 fully saturated rings. The number of nitrogens with zero attached hydrogens (tertiary/aromatic N) is 3. The number of hydrogen-bond donors (Lipinski definition) is 1. The fourth-order valence-corrected chi connectivity index (χ4v) is 3.03. The first-order valence-electron chi connectivity index (χ1n) is 7.27. The molecule has 0 radical (unpaired) electrons. The molecule has 9 heteroatoms. The van der Waals surface area contributed by atoms with Gasteiger partial charge in [0.2, 0.25) is 0 Å². The number of halogens is 3. The van der Waals surface area contributed by atoms with Crippen LogP contribution >= 0.6 is 11.8 Å². The second kappa shape index (κ2) is 6.56. The van der Waals surface area contributed by atoms with Crippen LogP contribution in [0.5, 0.6) is 0 Å². The van der Waals surface area contributed by atoms with Crippen LogP contribution in [0.4, 0.5) is 13.2 Å². The van der Waals surface area contributed by atoms with Gasteiger partial charge in [0.25, 0.3) is 5.56 Å². The summed E-state index contributed by atoms with van der Waals surface area (Å²) in [7, 11) is 0. The Morgan fingerprint density at radius 2 is 2.17 bits per heavy atom. The number of alkyl halides is 3. The van der Waals surface area contributed by atoms with Crippen LogP contribution in [-0.2, 0) is 25.7 Å². The number of fused-ring (bicyclic) bond motifs is 1. The Hall–Kier alpha value is -1.87. The van der Waals surface area contributed by atoms with Crippen molar-refractivity contribution in [1.82, 2.24) is 19.9 Å². The molecule has 0 unspecified atom stereocenters. The lowest BCUT2D eigenvalue weighted by molar-refractivity contribution is -0.141. The van der Waals surface area contributed by atoms with Crippen molar-refractivity contribution in [3.05, 3.63) is 51.2 Å². The van der Waals surface area contributed by atoms with Gasteiger partial charge in [-0.1, -0.05) is 17.8 Å². The second-order valence-corrected chi connectivity index (χ2v) is 6.31. The molecule has 0 bridgehead atoms. The predicted molar refractivity (Wildman–Crippen MR) is 83.7 cm³/mol. The lowest BCUT2D eigenvalue weighted by atomic mass is 10.1.